The molecule has 2 rings (SSSR count). The number of hydrogen-bond donors (Lipinski definition) is 0. The lowest BCUT2D eigenvalue weighted by molar-refractivity contribution is 0.415. The van der Waals surface area contributed by atoms with Crippen molar-refractivity contribution < 1.29 is 4.74 Å². The van der Waals surface area contributed by atoms with Gasteiger partial charge >= 0.3 is 0 Å². The zero-order chi connectivity index (χ0) is 15.9. The summed E-state index contributed by atoms with van der Waals surface area (Å²) in [5.74, 6) is 0.766. The van der Waals surface area contributed by atoms with Crippen LogP contribution in [0.25, 0.3) is 11.1 Å². The molecule has 0 spiro atoms. The highest BCUT2D eigenvalue weighted by atomic mass is 16.5. The van der Waals surface area contributed by atoms with Gasteiger partial charge in [-0.15, -0.1) is 0 Å². The lowest BCUT2D eigenvalue weighted by Gasteiger charge is -2.11. The molecule has 0 heterocycles. The summed E-state index contributed by atoms with van der Waals surface area (Å²) in [6, 6.07) is 15.8. The summed E-state index contributed by atoms with van der Waals surface area (Å²) in [6.45, 7) is 2.11. The third-order valence-electron chi connectivity index (χ3n) is 3.72. The molecule has 2 aromatic carbocycles. The molecule has 0 N–H and O–H groups in total. The highest BCUT2D eigenvalue weighted by molar-refractivity contribution is 5.75. The zero-order valence-corrected chi connectivity index (χ0v) is 12.9. The van der Waals surface area contributed by atoms with Crippen LogP contribution in [-0.2, 0) is 6.42 Å². The first-order valence-electron chi connectivity index (χ1n) is 7.35. The van der Waals surface area contributed by atoms with E-state index in [4.69, 9.17) is 4.74 Å². The fourth-order valence-electron chi connectivity index (χ4n) is 2.48. The minimum atomic E-state index is 0.460. The highest BCUT2D eigenvalue weighted by Crippen LogP contribution is 2.29. The summed E-state index contributed by atoms with van der Waals surface area (Å²) < 4.78 is 5.15. The molecule has 3 nitrogen and oxygen atoms in total. The minimum Gasteiger partial charge on any atom is -0.497 e. The van der Waals surface area contributed by atoms with Crippen LogP contribution in [0.5, 0.6) is 5.75 Å². The molecular weight excluding hydrogens is 272 g/mol. The van der Waals surface area contributed by atoms with Gasteiger partial charge in [0.05, 0.1) is 18.2 Å². The van der Waals surface area contributed by atoms with Crippen LogP contribution in [0.1, 0.15) is 36.5 Å². The maximum atomic E-state index is 9.52. The van der Waals surface area contributed by atoms with Crippen molar-refractivity contribution in [1.82, 2.24) is 0 Å². The van der Waals surface area contributed by atoms with E-state index in [-0.39, 0.29) is 0 Å². The molecule has 0 atom stereocenters. The van der Waals surface area contributed by atoms with Gasteiger partial charge in [0, 0.05) is 5.56 Å². The standard InChI is InChI=1S/C19H18N2O/c1-3-4-5-14-8-11-17(19(13-21)18(14)12-20)15-6-9-16(22-2)10-7-15/h6-11H,3-5H2,1-2H3. The van der Waals surface area contributed by atoms with E-state index in [1.54, 1.807) is 7.11 Å². The van der Waals surface area contributed by atoms with E-state index in [1.165, 1.54) is 0 Å². The van der Waals surface area contributed by atoms with E-state index in [2.05, 4.69) is 19.1 Å². The predicted molar refractivity (Wildman–Crippen MR) is 86.5 cm³/mol. The Labute approximate surface area is 131 Å². The number of rotatable bonds is 5. The lowest BCUT2D eigenvalue weighted by atomic mass is 9.91. The molecule has 0 aliphatic carbocycles. The van der Waals surface area contributed by atoms with Crippen molar-refractivity contribution in [2.24, 2.45) is 0 Å². The largest absolute Gasteiger partial charge is 0.497 e. The molecule has 0 aliphatic heterocycles. The van der Waals surface area contributed by atoms with Gasteiger partial charge in [-0.25, -0.2) is 0 Å². The van der Waals surface area contributed by atoms with E-state index in [1.807, 2.05) is 36.4 Å². The number of ether oxygens (including phenoxy) is 1. The van der Waals surface area contributed by atoms with Crippen molar-refractivity contribution in [3.8, 4) is 29.0 Å². The second-order valence-corrected chi connectivity index (χ2v) is 5.08. The van der Waals surface area contributed by atoms with Crippen LogP contribution in [0.3, 0.4) is 0 Å². The molecule has 0 bridgehead atoms. The van der Waals surface area contributed by atoms with Gasteiger partial charge < -0.3 is 4.74 Å². The average molecular weight is 290 g/mol. The number of aryl methyl sites for hydroxylation is 1. The molecule has 0 aromatic heterocycles. The van der Waals surface area contributed by atoms with Crippen LogP contribution < -0.4 is 4.74 Å². The molecule has 0 saturated carbocycles. The van der Waals surface area contributed by atoms with Crippen molar-refractivity contribution in [2.75, 3.05) is 7.11 Å². The van der Waals surface area contributed by atoms with Crippen molar-refractivity contribution in [3.05, 3.63) is 53.1 Å². The van der Waals surface area contributed by atoms with Gasteiger partial charge in [0.25, 0.3) is 0 Å². The van der Waals surface area contributed by atoms with E-state index < -0.39 is 0 Å². The van der Waals surface area contributed by atoms with E-state index in [0.717, 1.165) is 41.7 Å². The van der Waals surface area contributed by atoms with Gasteiger partial charge in [-0.3, -0.25) is 0 Å². The third kappa shape index (κ3) is 3.10. The fraction of sp³-hybridized carbons (Fsp3) is 0.263. The Kier molecular flexibility index (Phi) is 5.17. The molecule has 0 aliphatic rings. The molecule has 2 aromatic rings. The number of unbranched alkanes of at least 4 members (excludes halogenated alkanes) is 1. The molecule has 0 unspecified atom stereocenters. The van der Waals surface area contributed by atoms with E-state index >= 15 is 0 Å². The Morgan fingerprint density at radius 1 is 0.955 bits per heavy atom. The second kappa shape index (κ2) is 7.29. The predicted octanol–water partition coefficient (Wildman–Crippen LogP) is 4.45. The monoisotopic (exact) mass is 290 g/mol. The number of hydrogen-bond acceptors (Lipinski definition) is 3. The average Bonchev–Trinajstić information content (AvgIpc) is 2.59. The van der Waals surface area contributed by atoms with Gasteiger partial charge in [-0.1, -0.05) is 37.6 Å². The summed E-state index contributed by atoms with van der Waals surface area (Å²) in [7, 11) is 1.62. The van der Waals surface area contributed by atoms with Crippen LogP contribution in [0, 0.1) is 22.7 Å². The Morgan fingerprint density at radius 2 is 1.64 bits per heavy atom. The van der Waals surface area contributed by atoms with E-state index in [9.17, 15) is 10.5 Å². The number of nitriles is 2. The minimum absolute atomic E-state index is 0.460. The normalized spacial score (nSPS) is 9.82. The number of benzene rings is 2. The zero-order valence-electron chi connectivity index (χ0n) is 12.9. The van der Waals surface area contributed by atoms with Crippen LogP contribution in [0.15, 0.2) is 36.4 Å². The molecule has 0 radical (unpaired) electrons. The highest BCUT2D eigenvalue weighted by Gasteiger charge is 2.14. The van der Waals surface area contributed by atoms with Crippen LogP contribution >= 0.6 is 0 Å². The molecule has 22 heavy (non-hydrogen) atoms. The third-order valence-corrected chi connectivity index (χ3v) is 3.72. The first kappa shape index (κ1) is 15.6. The first-order chi connectivity index (χ1) is 10.7. The fourth-order valence-corrected chi connectivity index (χ4v) is 2.48. The molecule has 0 amide bonds. The van der Waals surface area contributed by atoms with Crippen LogP contribution in [-0.4, -0.2) is 7.11 Å². The summed E-state index contributed by atoms with van der Waals surface area (Å²) in [6.07, 6.45) is 2.91. The molecule has 0 saturated heterocycles. The topological polar surface area (TPSA) is 56.8 Å². The molecule has 3 heteroatoms. The van der Waals surface area contributed by atoms with Gasteiger partial charge in [-0.05, 0) is 36.1 Å². The Morgan fingerprint density at radius 3 is 2.18 bits per heavy atom. The van der Waals surface area contributed by atoms with Crippen LogP contribution in [0.2, 0.25) is 0 Å². The Hall–Kier alpha value is -2.78. The van der Waals surface area contributed by atoms with Gasteiger partial charge in [0.2, 0.25) is 0 Å². The summed E-state index contributed by atoms with van der Waals surface area (Å²) in [5, 5.41) is 19.0. The second-order valence-electron chi connectivity index (χ2n) is 5.08. The summed E-state index contributed by atoms with van der Waals surface area (Å²) >= 11 is 0. The summed E-state index contributed by atoms with van der Waals surface area (Å²) in [4.78, 5) is 0. The van der Waals surface area contributed by atoms with Crippen molar-refractivity contribution in [3.63, 3.8) is 0 Å². The Balaban J connectivity index is 2.52. The van der Waals surface area contributed by atoms with Gasteiger partial charge in [0.1, 0.15) is 17.9 Å². The summed E-state index contributed by atoms with van der Waals surface area (Å²) in [5.41, 5.74) is 3.63. The van der Waals surface area contributed by atoms with Crippen molar-refractivity contribution >= 4 is 0 Å². The molecular formula is C19H18N2O. The maximum Gasteiger partial charge on any atom is 0.118 e. The van der Waals surface area contributed by atoms with Crippen molar-refractivity contribution in [2.45, 2.75) is 26.2 Å². The number of methoxy groups -OCH3 is 1. The smallest absolute Gasteiger partial charge is 0.118 e. The SMILES string of the molecule is CCCCc1ccc(-c2ccc(OC)cc2)c(C#N)c1C#N. The number of nitrogens with zero attached hydrogens (tertiary/aromatic N) is 2. The van der Waals surface area contributed by atoms with Crippen molar-refractivity contribution in [1.29, 1.82) is 10.5 Å². The molecule has 0 fully saturated rings. The maximum absolute atomic E-state index is 9.52. The Bertz CT molecular complexity index is 734. The first-order valence-corrected chi connectivity index (χ1v) is 7.35. The van der Waals surface area contributed by atoms with Gasteiger partial charge in [0.15, 0.2) is 0 Å². The lowest BCUT2D eigenvalue weighted by Crippen LogP contribution is -1.97. The van der Waals surface area contributed by atoms with Gasteiger partial charge in [-0.2, -0.15) is 10.5 Å². The quantitative estimate of drug-likeness (QED) is 0.817. The van der Waals surface area contributed by atoms with Crippen LogP contribution in [0.4, 0.5) is 0 Å². The van der Waals surface area contributed by atoms with E-state index in [0.29, 0.717) is 11.1 Å². The molecule has 110 valence electrons.